The number of aromatic nitrogens is 1. The van der Waals surface area contributed by atoms with Crippen molar-refractivity contribution in [1.82, 2.24) is 3.97 Å². The van der Waals surface area contributed by atoms with Crippen LogP contribution in [0.4, 0.5) is 13.2 Å². The van der Waals surface area contributed by atoms with Crippen LogP contribution < -0.4 is 0 Å². The maximum absolute atomic E-state index is 13.6. The van der Waals surface area contributed by atoms with Gasteiger partial charge < -0.3 is 4.74 Å². The Morgan fingerprint density at radius 1 is 1.09 bits per heavy atom. The summed E-state index contributed by atoms with van der Waals surface area (Å²) in [5.41, 5.74) is 0.427. The fourth-order valence-corrected chi connectivity index (χ4v) is 5.16. The number of hydrogen-bond acceptors (Lipinski definition) is 4. The summed E-state index contributed by atoms with van der Waals surface area (Å²) in [6.07, 6.45) is -4.02. The van der Waals surface area contributed by atoms with E-state index in [1.165, 1.54) is 25.3 Å². The fourth-order valence-electron chi connectivity index (χ4n) is 3.54. The first-order valence-electron chi connectivity index (χ1n) is 10.1. The van der Waals surface area contributed by atoms with Gasteiger partial charge in [0.1, 0.15) is 0 Å². The van der Waals surface area contributed by atoms with Crippen LogP contribution >= 0.6 is 0 Å². The Balaban J connectivity index is 2.16. The molecule has 0 saturated heterocycles. The van der Waals surface area contributed by atoms with Crippen LogP contribution in [0.25, 0.3) is 10.9 Å². The van der Waals surface area contributed by atoms with Crippen LogP contribution in [0.2, 0.25) is 0 Å². The average molecular weight is 468 g/mol. The van der Waals surface area contributed by atoms with E-state index < -0.39 is 27.7 Å². The summed E-state index contributed by atoms with van der Waals surface area (Å²) >= 11 is 0. The van der Waals surface area contributed by atoms with Crippen LogP contribution in [-0.4, -0.2) is 25.5 Å². The molecule has 3 rings (SSSR count). The van der Waals surface area contributed by atoms with E-state index in [0.717, 1.165) is 21.7 Å². The molecule has 0 unspecified atom stereocenters. The van der Waals surface area contributed by atoms with Crippen molar-refractivity contribution in [2.75, 3.05) is 7.11 Å². The molecule has 1 aromatic heterocycles. The molecule has 0 amide bonds. The predicted octanol–water partition coefficient (Wildman–Crippen LogP) is 5.52. The highest BCUT2D eigenvalue weighted by Gasteiger charge is 2.32. The molecule has 9 heteroatoms. The predicted molar refractivity (Wildman–Crippen MR) is 115 cm³/mol. The quantitative estimate of drug-likeness (QED) is 0.430. The van der Waals surface area contributed by atoms with Gasteiger partial charge in [-0.05, 0) is 60.7 Å². The van der Waals surface area contributed by atoms with Gasteiger partial charge in [0.05, 0.1) is 23.1 Å². The molecular formula is C23H24F3NO4S. The number of methoxy groups -OCH3 is 1. The largest absolute Gasteiger partial charge is 0.469 e. The number of aryl methyl sites for hydroxylation is 1. The van der Waals surface area contributed by atoms with Crippen molar-refractivity contribution in [1.29, 1.82) is 0 Å². The van der Waals surface area contributed by atoms with Crippen LogP contribution in [0.1, 0.15) is 49.4 Å². The molecular weight excluding hydrogens is 443 g/mol. The lowest BCUT2D eigenvalue weighted by molar-refractivity contribution is -0.140. The van der Waals surface area contributed by atoms with Gasteiger partial charge in [-0.2, -0.15) is 13.2 Å². The second-order valence-corrected chi connectivity index (χ2v) is 9.62. The monoisotopic (exact) mass is 467 g/mol. The highest BCUT2D eigenvalue weighted by molar-refractivity contribution is 7.90. The van der Waals surface area contributed by atoms with Gasteiger partial charge in [0.25, 0.3) is 10.0 Å². The molecule has 0 N–H and O–H groups in total. The van der Waals surface area contributed by atoms with Crippen molar-refractivity contribution in [2.45, 2.75) is 50.1 Å². The number of alkyl halides is 3. The second kappa shape index (κ2) is 8.97. The minimum absolute atomic E-state index is 0.0512. The van der Waals surface area contributed by atoms with Crippen molar-refractivity contribution < 1.29 is 31.1 Å². The van der Waals surface area contributed by atoms with Gasteiger partial charge in [0, 0.05) is 17.5 Å². The number of ether oxygens (including phenoxy) is 1. The zero-order valence-electron chi connectivity index (χ0n) is 17.9. The van der Waals surface area contributed by atoms with Gasteiger partial charge in [-0.1, -0.05) is 26.0 Å². The van der Waals surface area contributed by atoms with E-state index in [1.807, 2.05) is 19.9 Å². The molecule has 32 heavy (non-hydrogen) atoms. The lowest BCUT2D eigenvalue weighted by Crippen LogP contribution is -2.16. The molecule has 0 aliphatic heterocycles. The lowest BCUT2D eigenvalue weighted by Gasteiger charge is -2.14. The maximum Gasteiger partial charge on any atom is 0.416 e. The van der Waals surface area contributed by atoms with Gasteiger partial charge in [-0.15, -0.1) is 0 Å². The molecule has 1 heterocycles. The zero-order valence-corrected chi connectivity index (χ0v) is 18.8. The van der Waals surface area contributed by atoms with Crippen LogP contribution in [-0.2, 0) is 32.2 Å². The Morgan fingerprint density at radius 2 is 1.81 bits per heavy atom. The van der Waals surface area contributed by atoms with Gasteiger partial charge in [-0.25, -0.2) is 12.4 Å². The summed E-state index contributed by atoms with van der Waals surface area (Å²) in [4.78, 5) is 11.5. The average Bonchev–Trinajstić information content (AvgIpc) is 3.11. The van der Waals surface area contributed by atoms with E-state index >= 15 is 0 Å². The van der Waals surface area contributed by atoms with E-state index in [0.29, 0.717) is 5.69 Å². The lowest BCUT2D eigenvalue weighted by atomic mass is 10.0. The molecule has 5 nitrogen and oxygen atoms in total. The first kappa shape index (κ1) is 23.8. The zero-order chi connectivity index (χ0) is 23.7. The Bertz CT molecular complexity index is 1240. The highest BCUT2D eigenvalue weighted by atomic mass is 32.2. The SMILES string of the molecule is COC(=O)CCCc1cc2cc(C(F)(F)F)ccc2n1S(=O)(=O)c1cccc(C(C)C)c1. The summed E-state index contributed by atoms with van der Waals surface area (Å²) in [5, 5.41) is 0.163. The number of benzene rings is 2. The summed E-state index contributed by atoms with van der Waals surface area (Å²) < 4.78 is 72.5. The molecule has 0 fully saturated rings. The second-order valence-electron chi connectivity index (χ2n) is 7.83. The van der Waals surface area contributed by atoms with Gasteiger partial charge in [0.15, 0.2) is 0 Å². The molecule has 3 aromatic rings. The molecule has 2 aromatic carbocycles. The van der Waals surface area contributed by atoms with E-state index in [4.69, 9.17) is 0 Å². The van der Waals surface area contributed by atoms with E-state index in [2.05, 4.69) is 4.74 Å². The molecule has 0 spiro atoms. The normalized spacial score (nSPS) is 12.5. The van der Waals surface area contributed by atoms with E-state index in [9.17, 15) is 26.4 Å². The Morgan fingerprint density at radius 3 is 2.44 bits per heavy atom. The van der Waals surface area contributed by atoms with E-state index in [1.54, 1.807) is 12.1 Å². The third kappa shape index (κ3) is 4.82. The third-order valence-electron chi connectivity index (χ3n) is 5.26. The number of rotatable bonds is 7. The number of hydrogen-bond donors (Lipinski definition) is 0. The Labute approximate surface area is 184 Å². The summed E-state index contributed by atoms with van der Waals surface area (Å²) in [7, 11) is -2.84. The van der Waals surface area contributed by atoms with Crippen molar-refractivity contribution in [3.8, 4) is 0 Å². The number of carbonyl (C=O) groups excluding carboxylic acids is 1. The summed E-state index contributed by atoms with van der Waals surface area (Å²) in [6.45, 7) is 3.88. The minimum Gasteiger partial charge on any atom is -0.469 e. The topological polar surface area (TPSA) is 65.4 Å². The highest BCUT2D eigenvalue weighted by Crippen LogP contribution is 2.34. The van der Waals surface area contributed by atoms with Crippen molar-refractivity contribution in [2.24, 2.45) is 0 Å². The minimum atomic E-state index is -4.55. The third-order valence-corrected chi connectivity index (χ3v) is 7.02. The van der Waals surface area contributed by atoms with Crippen LogP contribution in [0, 0.1) is 0 Å². The molecule has 0 radical (unpaired) electrons. The van der Waals surface area contributed by atoms with Crippen molar-refractivity contribution in [3.63, 3.8) is 0 Å². The van der Waals surface area contributed by atoms with E-state index in [-0.39, 0.29) is 41.0 Å². The number of fused-ring (bicyclic) bond motifs is 1. The molecule has 0 saturated carbocycles. The number of esters is 1. The molecule has 0 atom stereocenters. The van der Waals surface area contributed by atoms with Crippen molar-refractivity contribution in [3.05, 3.63) is 65.4 Å². The Hall–Kier alpha value is -2.81. The smallest absolute Gasteiger partial charge is 0.416 e. The standard InChI is InChI=1S/C23H24F3NO4S/c1-15(2)16-6-4-8-20(14-16)32(29,30)27-19(7-5-9-22(28)31-3)13-17-12-18(23(24,25)26)10-11-21(17)27/h4,6,8,10-15H,5,7,9H2,1-3H3. The fraction of sp³-hybridized carbons (Fsp3) is 0.348. The molecule has 0 bridgehead atoms. The first-order valence-corrected chi connectivity index (χ1v) is 11.5. The Kier molecular flexibility index (Phi) is 6.69. The summed E-state index contributed by atoms with van der Waals surface area (Å²) in [5.74, 6) is -0.347. The van der Waals surface area contributed by atoms with Crippen LogP contribution in [0.15, 0.2) is 53.4 Å². The van der Waals surface area contributed by atoms with Crippen LogP contribution in [0.3, 0.4) is 0 Å². The number of halogens is 3. The number of carbonyl (C=O) groups is 1. The van der Waals surface area contributed by atoms with Crippen molar-refractivity contribution >= 4 is 26.9 Å². The molecule has 0 aliphatic rings. The van der Waals surface area contributed by atoms with Gasteiger partial charge in [-0.3, -0.25) is 4.79 Å². The van der Waals surface area contributed by atoms with Gasteiger partial charge in [0.2, 0.25) is 0 Å². The first-order chi connectivity index (χ1) is 14.9. The molecule has 172 valence electrons. The number of nitrogens with zero attached hydrogens (tertiary/aromatic N) is 1. The summed E-state index contributed by atoms with van der Waals surface area (Å²) in [6, 6.07) is 10.9. The maximum atomic E-state index is 13.6. The van der Waals surface area contributed by atoms with Gasteiger partial charge >= 0.3 is 12.1 Å². The van der Waals surface area contributed by atoms with Crippen LogP contribution in [0.5, 0.6) is 0 Å². The molecule has 0 aliphatic carbocycles.